The van der Waals surface area contributed by atoms with Crippen LogP contribution in [0.5, 0.6) is 0 Å². The van der Waals surface area contributed by atoms with E-state index in [9.17, 15) is 0 Å². The summed E-state index contributed by atoms with van der Waals surface area (Å²) in [6.45, 7) is 0. The zero-order valence-corrected chi connectivity index (χ0v) is 26.5. The molecule has 0 aliphatic heterocycles. The van der Waals surface area contributed by atoms with Crippen molar-refractivity contribution in [3.8, 4) is 67.7 Å². The molecule has 230 valence electrons. The monoisotopic (exact) mass is 627 g/mol. The van der Waals surface area contributed by atoms with Crippen LogP contribution in [0.2, 0.25) is 0 Å². The molecule has 0 bridgehead atoms. The lowest BCUT2D eigenvalue weighted by Crippen LogP contribution is -2.00. The smallest absolute Gasteiger partial charge is 0.164 e. The van der Waals surface area contributed by atoms with Crippen molar-refractivity contribution in [2.45, 2.75) is 0 Å². The maximum atomic E-state index is 4.92. The van der Waals surface area contributed by atoms with E-state index in [0.29, 0.717) is 17.5 Å². The van der Waals surface area contributed by atoms with E-state index in [-0.39, 0.29) is 0 Å². The van der Waals surface area contributed by atoms with Crippen LogP contribution in [0.15, 0.2) is 176 Å². The van der Waals surface area contributed by atoms with Gasteiger partial charge in [0.25, 0.3) is 0 Å². The normalized spacial score (nSPS) is 11.3. The van der Waals surface area contributed by atoms with Gasteiger partial charge in [-0.2, -0.15) is 5.10 Å². The Bertz CT molecular complexity index is 2500. The van der Waals surface area contributed by atoms with Crippen molar-refractivity contribution in [1.29, 1.82) is 0 Å². The Labute approximate surface area is 283 Å². The van der Waals surface area contributed by atoms with E-state index in [0.717, 1.165) is 66.5 Å². The Morgan fingerprint density at radius 3 is 1.37 bits per heavy atom. The zero-order valence-electron chi connectivity index (χ0n) is 26.5. The average Bonchev–Trinajstić information content (AvgIpc) is 3.65. The number of aromatic nitrogens is 5. The highest BCUT2D eigenvalue weighted by Gasteiger charge is 2.17. The second kappa shape index (κ2) is 12.1. The lowest BCUT2D eigenvalue weighted by Gasteiger charge is -2.12. The van der Waals surface area contributed by atoms with Gasteiger partial charge in [-0.1, -0.05) is 158 Å². The molecule has 0 aliphatic rings. The summed E-state index contributed by atoms with van der Waals surface area (Å²) in [6.07, 6.45) is 1.99. The fourth-order valence-electron chi connectivity index (χ4n) is 6.46. The maximum absolute atomic E-state index is 4.92. The number of nitrogens with zero attached hydrogens (tertiary/aromatic N) is 5. The molecule has 49 heavy (non-hydrogen) atoms. The number of benzene rings is 6. The lowest BCUT2D eigenvalue weighted by atomic mass is 9.97. The van der Waals surface area contributed by atoms with Gasteiger partial charge in [0.1, 0.15) is 0 Å². The molecule has 0 unspecified atom stereocenters. The first-order valence-corrected chi connectivity index (χ1v) is 16.3. The highest BCUT2D eigenvalue weighted by molar-refractivity contribution is 6.06. The third kappa shape index (κ3) is 5.33. The average molecular weight is 628 g/mol. The van der Waals surface area contributed by atoms with Crippen LogP contribution < -0.4 is 0 Å². The fraction of sp³-hybridized carbons (Fsp3) is 0. The SMILES string of the molecule is c1ccc(-c2nc(-c3ccccc3)nc(-c3ccc(-c4ccc5cc(-c6ccccc6)n6ncc(-c7ccccc7)c6c5c4)cc3)n2)cc1. The number of hydrogen-bond acceptors (Lipinski definition) is 4. The van der Waals surface area contributed by atoms with Gasteiger partial charge in [0, 0.05) is 33.2 Å². The minimum Gasteiger partial charge on any atom is -0.232 e. The molecular weight excluding hydrogens is 599 g/mol. The highest BCUT2D eigenvalue weighted by Crippen LogP contribution is 2.37. The standard InChI is InChI=1S/C44H29N5/c1-5-13-31(14-6-1)39-29-45-49-40(32-15-7-2-8-16-32)28-37-26-25-36(27-38(37)41(39)49)30-21-23-35(24-22-30)44-47-42(33-17-9-3-10-18-33)46-43(48-44)34-19-11-4-12-20-34/h1-29H. The van der Waals surface area contributed by atoms with E-state index in [1.54, 1.807) is 0 Å². The number of fused-ring (bicyclic) bond motifs is 3. The van der Waals surface area contributed by atoms with Gasteiger partial charge in [-0.05, 0) is 34.2 Å². The van der Waals surface area contributed by atoms with Gasteiger partial charge in [0.15, 0.2) is 17.5 Å². The molecule has 3 aromatic heterocycles. The largest absolute Gasteiger partial charge is 0.232 e. The minimum atomic E-state index is 0.639. The van der Waals surface area contributed by atoms with Crippen LogP contribution >= 0.6 is 0 Å². The molecule has 9 aromatic rings. The Hall–Kier alpha value is -6.72. The summed E-state index contributed by atoms with van der Waals surface area (Å²) in [4.78, 5) is 14.7. The molecule has 0 N–H and O–H groups in total. The topological polar surface area (TPSA) is 56.0 Å². The van der Waals surface area contributed by atoms with Crippen molar-refractivity contribution >= 4 is 16.3 Å². The molecule has 5 nitrogen and oxygen atoms in total. The third-order valence-electron chi connectivity index (χ3n) is 8.93. The Kier molecular flexibility index (Phi) is 7.06. The summed E-state index contributed by atoms with van der Waals surface area (Å²) in [5, 5.41) is 7.24. The van der Waals surface area contributed by atoms with E-state index < -0.39 is 0 Å². The summed E-state index contributed by atoms with van der Waals surface area (Å²) in [5.74, 6) is 1.94. The van der Waals surface area contributed by atoms with Crippen LogP contribution in [0.25, 0.3) is 84.0 Å². The molecule has 0 aliphatic carbocycles. The van der Waals surface area contributed by atoms with E-state index in [1.165, 1.54) is 0 Å². The quantitative estimate of drug-likeness (QED) is 0.184. The van der Waals surface area contributed by atoms with E-state index in [1.807, 2.05) is 79.0 Å². The molecule has 9 rings (SSSR count). The van der Waals surface area contributed by atoms with Crippen LogP contribution in [0, 0.1) is 0 Å². The first kappa shape index (κ1) is 28.5. The van der Waals surface area contributed by atoms with Gasteiger partial charge in [-0.3, -0.25) is 0 Å². The molecule has 0 amide bonds. The van der Waals surface area contributed by atoms with Crippen molar-refractivity contribution in [3.63, 3.8) is 0 Å². The van der Waals surface area contributed by atoms with E-state index >= 15 is 0 Å². The summed E-state index contributed by atoms with van der Waals surface area (Å²) in [5.41, 5.74) is 10.6. The number of hydrogen-bond donors (Lipinski definition) is 0. The van der Waals surface area contributed by atoms with Gasteiger partial charge < -0.3 is 0 Å². The molecular formula is C44H29N5. The van der Waals surface area contributed by atoms with Crippen LogP contribution in [-0.2, 0) is 0 Å². The van der Waals surface area contributed by atoms with Gasteiger partial charge in [-0.15, -0.1) is 0 Å². The van der Waals surface area contributed by atoms with Crippen molar-refractivity contribution < 1.29 is 0 Å². The van der Waals surface area contributed by atoms with Crippen molar-refractivity contribution in [3.05, 3.63) is 176 Å². The zero-order chi connectivity index (χ0) is 32.6. The molecule has 0 fully saturated rings. The predicted octanol–water partition coefficient (Wildman–Crippen LogP) is 10.7. The molecule has 0 spiro atoms. The number of rotatable bonds is 6. The summed E-state index contributed by atoms with van der Waals surface area (Å²) in [6, 6.07) is 58.5. The van der Waals surface area contributed by atoms with E-state index in [2.05, 4.69) is 102 Å². The van der Waals surface area contributed by atoms with Crippen LogP contribution in [-0.4, -0.2) is 24.6 Å². The Morgan fingerprint density at radius 1 is 0.367 bits per heavy atom. The Morgan fingerprint density at radius 2 is 0.816 bits per heavy atom. The molecule has 0 radical (unpaired) electrons. The van der Waals surface area contributed by atoms with Crippen molar-refractivity contribution in [2.24, 2.45) is 0 Å². The van der Waals surface area contributed by atoms with Crippen LogP contribution in [0.4, 0.5) is 0 Å². The predicted molar refractivity (Wildman–Crippen MR) is 199 cm³/mol. The van der Waals surface area contributed by atoms with E-state index in [4.69, 9.17) is 20.1 Å². The molecule has 0 atom stereocenters. The van der Waals surface area contributed by atoms with Gasteiger partial charge in [0.05, 0.1) is 17.4 Å². The molecule has 3 heterocycles. The third-order valence-corrected chi connectivity index (χ3v) is 8.93. The summed E-state index contributed by atoms with van der Waals surface area (Å²) in [7, 11) is 0. The fourth-order valence-corrected chi connectivity index (χ4v) is 6.46. The van der Waals surface area contributed by atoms with Crippen LogP contribution in [0.1, 0.15) is 0 Å². The first-order chi connectivity index (χ1) is 24.3. The van der Waals surface area contributed by atoms with Gasteiger partial charge >= 0.3 is 0 Å². The van der Waals surface area contributed by atoms with Crippen molar-refractivity contribution in [1.82, 2.24) is 24.6 Å². The summed E-state index contributed by atoms with van der Waals surface area (Å²) < 4.78 is 2.09. The first-order valence-electron chi connectivity index (χ1n) is 16.3. The maximum Gasteiger partial charge on any atom is 0.164 e. The summed E-state index contributed by atoms with van der Waals surface area (Å²) >= 11 is 0. The molecule has 0 saturated heterocycles. The molecule has 5 heteroatoms. The lowest BCUT2D eigenvalue weighted by molar-refractivity contribution is 0.975. The molecule has 6 aromatic carbocycles. The second-order valence-electron chi connectivity index (χ2n) is 12.0. The van der Waals surface area contributed by atoms with Crippen molar-refractivity contribution in [2.75, 3.05) is 0 Å². The number of pyridine rings is 1. The molecule has 0 saturated carbocycles. The van der Waals surface area contributed by atoms with Gasteiger partial charge in [-0.25, -0.2) is 19.5 Å². The second-order valence-corrected chi connectivity index (χ2v) is 12.0. The van der Waals surface area contributed by atoms with Crippen LogP contribution in [0.3, 0.4) is 0 Å². The Balaban J connectivity index is 1.16. The highest BCUT2D eigenvalue weighted by atomic mass is 15.2. The minimum absolute atomic E-state index is 0.639. The van der Waals surface area contributed by atoms with Gasteiger partial charge in [0.2, 0.25) is 0 Å².